The predicted octanol–water partition coefficient (Wildman–Crippen LogP) is 2.23. The molecule has 1 aliphatic rings. The molecule has 1 aromatic carbocycles. The Balaban J connectivity index is 2.42. The van der Waals surface area contributed by atoms with Crippen molar-refractivity contribution in [3.8, 4) is 5.75 Å². The van der Waals surface area contributed by atoms with Crippen molar-refractivity contribution in [2.75, 3.05) is 13.2 Å². The smallest absolute Gasteiger partial charge is 0.145 e. The number of benzene rings is 1. The molecule has 1 fully saturated rings. The molecule has 1 aliphatic heterocycles. The first kappa shape index (κ1) is 4.63. The van der Waals surface area contributed by atoms with Crippen molar-refractivity contribution < 1.29 is 15.0 Å². The van der Waals surface area contributed by atoms with Crippen LogP contribution in [0.15, 0.2) is 28.6 Å². The highest BCUT2D eigenvalue weighted by Gasteiger charge is 2.19. The summed E-state index contributed by atoms with van der Waals surface area (Å²) < 4.78 is 41.0. The quantitative estimate of drug-likeness (QED) is 0.779. The van der Waals surface area contributed by atoms with Gasteiger partial charge in [-0.15, -0.1) is 0 Å². The Hall–Kier alpha value is -0.540. The molecule has 0 unspecified atom stereocenters. The van der Waals surface area contributed by atoms with Crippen molar-refractivity contribution in [1.82, 2.24) is 0 Å². The summed E-state index contributed by atoms with van der Waals surface area (Å²) in [6.07, 6.45) is -0.173. The average Bonchev–Trinajstić information content (AvgIpc) is 2.21. The summed E-state index contributed by atoms with van der Waals surface area (Å²) >= 11 is 3.02. The van der Waals surface area contributed by atoms with Crippen LogP contribution in [0.5, 0.6) is 5.75 Å². The fourth-order valence-corrected chi connectivity index (χ4v) is 0.992. The Bertz CT molecular complexity index is 405. The van der Waals surface area contributed by atoms with E-state index in [4.69, 9.17) is 15.0 Å². The lowest BCUT2D eigenvalue weighted by atomic mass is 10.3. The van der Waals surface area contributed by atoms with Gasteiger partial charge in [-0.1, -0.05) is 15.9 Å². The van der Waals surface area contributed by atoms with Gasteiger partial charge in [-0.05, 0) is 24.2 Å². The number of hydrogen-bond donors (Lipinski definition) is 0. The van der Waals surface area contributed by atoms with Crippen LogP contribution in [0.2, 0.25) is 0 Å². The van der Waals surface area contributed by atoms with E-state index in [0.29, 0.717) is 13.2 Å². The van der Waals surface area contributed by atoms with E-state index in [1.165, 1.54) is 0 Å². The molecule has 0 bridgehead atoms. The molecule has 0 saturated carbocycles. The molecule has 0 amide bonds. The van der Waals surface area contributed by atoms with Gasteiger partial charge in [0.25, 0.3) is 0 Å². The topological polar surface area (TPSA) is 18.5 Å². The van der Waals surface area contributed by atoms with Gasteiger partial charge >= 0.3 is 0 Å². The molecule has 0 N–H and O–H groups in total. The molecule has 1 saturated heterocycles. The van der Waals surface area contributed by atoms with Crippen LogP contribution in [0.1, 0.15) is 5.48 Å². The van der Waals surface area contributed by atoms with Crippen LogP contribution >= 0.6 is 15.9 Å². The first-order valence-electron chi connectivity index (χ1n) is 5.52. The van der Waals surface area contributed by atoms with Gasteiger partial charge in [-0.2, -0.15) is 0 Å². The Labute approximate surface area is 85.2 Å². The molecule has 64 valence electrons. The zero-order chi connectivity index (χ0) is 11.9. The van der Waals surface area contributed by atoms with Crippen LogP contribution in [-0.4, -0.2) is 19.3 Å². The molecule has 0 aromatic heterocycles. The van der Waals surface area contributed by atoms with Crippen molar-refractivity contribution in [2.45, 2.75) is 6.10 Å². The standard InChI is InChI=1S/C9H9BrO2/c10-7-1-3-8(4-2-7)12-9-5-11-6-9/h1-4,9H,5-6H2/i1D,2D,3D,4D. The Kier molecular flexibility index (Phi) is 1.33. The van der Waals surface area contributed by atoms with Gasteiger partial charge in [0.2, 0.25) is 0 Å². The fraction of sp³-hybridized carbons (Fsp3) is 0.333. The summed E-state index contributed by atoms with van der Waals surface area (Å²) in [6, 6.07) is -0.591. The average molecular weight is 233 g/mol. The van der Waals surface area contributed by atoms with Crippen LogP contribution in [0, 0.1) is 0 Å². The van der Waals surface area contributed by atoms with Crippen LogP contribution in [0.3, 0.4) is 0 Å². The molecule has 1 aromatic rings. The maximum Gasteiger partial charge on any atom is 0.145 e. The maximum atomic E-state index is 7.68. The van der Waals surface area contributed by atoms with Gasteiger partial charge in [0.15, 0.2) is 0 Å². The lowest BCUT2D eigenvalue weighted by molar-refractivity contribution is -0.0796. The van der Waals surface area contributed by atoms with Crippen molar-refractivity contribution in [3.63, 3.8) is 0 Å². The van der Waals surface area contributed by atoms with Crippen LogP contribution < -0.4 is 4.74 Å². The van der Waals surface area contributed by atoms with Gasteiger partial charge < -0.3 is 9.47 Å². The Morgan fingerprint density at radius 1 is 1.42 bits per heavy atom. The zero-order valence-corrected chi connectivity index (χ0v) is 7.77. The highest BCUT2D eigenvalue weighted by Crippen LogP contribution is 2.19. The van der Waals surface area contributed by atoms with Crippen molar-refractivity contribution in [1.29, 1.82) is 0 Å². The van der Waals surface area contributed by atoms with E-state index in [-0.39, 0.29) is 40.5 Å². The van der Waals surface area contributed by atoms with E-state index < -0.39 is 0 Å². The lowest BCUT2D eigenvalue weighted by Crippen LogP contribution is -2.38. The number of hydrogen-bond acceptors (Lipinski definition) is 2. The summed E-state index contributed by atoms with van der Waals surface area (Å²) in [5.41, 5.74) is 0. The lowest BCUT2D eigenvalue weighted by Gasteiger charge is -2.26. The first-order valence-corrected chi connectivity index (χ1v) is 4.32. The van der Waals surface area contributed by atoms with E-state index in [1.54, 1.807) is 0 Å². The molecular weight excluding hydrogens is 220 g/mol. The van der Waals surface area contributed by atoms with E-state index in [2.05, 4.69) is 15.9 Å². The summed E-state index contributed by atoms with van der Waals surface area (Å²) in [5.74, 6) is -0.00787. The van der Waals surface area contributed by atoms with E-state index in [0.717, 1.165) is 0 Å². The third kappa shape index (κ3) is 1.79. The third-order valence-electron chi connectivity index (χ3n) is 1.46. The summed E-state index contributed by atoms with van der Waals surface area (Å²) in [6.45, 7) is 0.852. The molecule has 0 atom stereocenters. The molecule has 2 rings (SSSR count). The summed E-state index contributed by atoms with van der Waals surface area (Å²) in [5, 5.41) is 0. The minimum Gasteiger partial charge on any atom is -0.486 e. The molecule has 12 heavy (non-hydrogen) atoms. The number of halogens is 1. The highest BCUT2D eigenvalue weighted by molar-refractivity contribution is 9.10. The van der Waals surface area contributed by atoms with Crippen molar-refractivity contribution >= 4 is 15.9 Å². The second-order valence-electron chi connectivity index (χ2n) is 2.42. The van der Waals surface area contributed by atoms with Gasteiger partial charge in [0.1, 0.15) is 11.9 Å². The van der Waals surface area contributed by atoms with Gasteiger partial charge in [-0.3, -0.25) is 0 Å². The van der Waals surface area contributed by atoms with E-state index in [1.807, 2.05) is 0 Å². The van der Waals surface area contributed by atoms with Crippen molar-refractivity contribution in [2.24, 2.45) is 0 Å². The summed E-state index contributed by atoms with van der Waals surface area (Å²) in [7, 11) is 0. The van der Waals surface area contributed by atoms with Crippen molar-refractivity contribution in [3.05, 3.63) is 28.6 Å². The molecule has 2 nitrogen and oxygen atoms in total. The molecular formula is C9H9BrO2. The third-order valence-corrected chi connectivity index (χ3v) is 1.86. The maximum absolute atomic E-state index is 7.68. The summed E-state index contributed by atoms with van der Waals surface area (Å²) in [4.78, 5) is 0. The van der Waals surface area contributed by atoms with Gasteiger partial charge in [0, 0.05) is 4.47 Å². The van der Waals surface area contributed by atoms with Crippen LogP contribution in [0.25, 0.3) is 0 Å². The first-order chi connectivity index (χ1) is 7.52. The number of rotatable bonds is 2. The molecule has 0 spiro atoms. The second kappa shape index (κ2) is 3.46. The minimum absolute atomic E-state index is 0.00787. The Morgan fingerprint density at radius 3 is 2.58 bits per heavy atom. The molecule has 0 aliphatic carbocycles. The second-order valence-corrected chi connectivity index (χ2v) is 3.21. The SMILES string of the molecule is [2H]c1c([2H])c(OC2COC2)c([2H])c([2H])c1Br. The fourth-order valence-electron chi connectivity index (χ4n) is 0.793. The van der Waals surface area contributed by atoms with E-state index >= 15 is 0 Å². The Morgan fingerprint density at radius 2 is 2.08 bits per heavy atom. The van der Waals surface area contributed by atoms with Crippen LogP contribution in [-0.2, 0) is 4.74 Å². The molecule has 1 heterocycles. The normalized spacial score (nSPS) is 21.8. The van der Waals surface area contributed by atoms with Crippen LogP contribution in [0.4, 0.5) is 0 Å². The molecule has 0 radical (unpaired) electrons. The van der Waals surface area contributed by atoms with E-state index in [9.17, 15) is 0 Å². The van der Waals surface area contributed by atoms with Gasteiger partial charge in [-0.25, -0.2) is 0 Å². The molecule has 3 heteroatoms. The monoisotopic (exact) mass is 232 g/mol. The predicted molar refractivity (Wildman–Crippen MR) is 49.4 cm³/mol. The van der Waals surface area contributed by atoms with Gasteiger partial charge in [0.05, 0.1) is 18.7 Å². The minimum atomic E-state index is -0.173. The zero-order valence-electron chi connectivity index (χ0n) is 10.2. The number of ether oxygens (including phenoxy) is 2. The largest absolute Gasteiger partial charge is 0.486 e. The highest BCUT2D eigenvalue weighted by atomic mass is 79.9.